The lowest BCUT2D eigenvalue weighted by molar-refractivity contribution is 0.439. The number of para-hydroxylation sites is 5. The standard InChI is InChI=1S/C60H35N5O/c61-36-37-25-28-53-45(33-37)47-35-39(27-30-55(47)65(53)41-15-5-2-6-16-41)43-19-10-21-51-59(43)66-58-42(18-9-20-50(58)60(51)48-22-11-31-62-56(48)57-49(60)23-12-32-63-57)38-26-29-54-46(34-38)44-17-7-8-24-52(44)64(54)40-13-3-1-4-14-40/h1-35H. The minimum atomic E-state index is -0.787. The molecule has 0 saturated carbocycles. The van der Waals surface area contributed by atoms with Crippen LogP contribution in [-0.2, 0) is 5.41 Å². The van der Waals surface area contributed by atoms with Crippen molar-refractivity contribution in [3.8, 4) is 62.6 Å². The normalized spacial score (nSPS) is 13.1. The number of nitriles is 1. The van der Waals surface area contributed by atoms with Crippen molar-refractivity contribution in [1.29, 1.82) is 5.26 Å². The molecule has 0 N–H and O–H groups in total. The lowest BCUT2D eigenvalue weighted by atomic mass is 9.65. The van der Waals surface area contributed by atoms with Crippen molar-refractivity contribution in [1.82, 2.24) is 19.1 Å². The number of pyridine rings is 2. The third-order valence-corrected chi connectivity index (χ3v) is 13.9. The van der Waals surface area contributed by atoms with Crippen molar-refractivity contribution in [2.45, 2.75) is 5.41 Å². The van der Waals surface area contributed by atoms with Crippen molar-refractivity contribution >= 4 is 43.6 Å². The Hall–Kier alpha value is -9.05. The van der Waals surface area contributed by atoms with Crippen LogP contribution in [0, 0.1) is 11.3 Å². The Morgan fingerprint density at radius 2 is 0.879 bits per heavy atom. The molecule has 1 aliphatic heterocycles. The van der Waals surface area contributed by atoms with Gasteiger partial charge in [-0.25, -0.2) is 0 Å². The van der Waals surface area contributed by atoms with E-state index in [4.69, 9.17) is 14.7 Å². The smallest absolute Gasteiger partial charge is 0.140 e. The number of fused-ring (bicyclic) bond motifs is 15. The first-order chi connectivity index (χ1) is 32.7. The molecule has 0 saturated heterocycles. The van der Waals surface area contributed by atoms with Crippen LogP contribution in [-0.4, -0.2) is 19.1 Å². The lowest BCUT2D eigenvalue weighted by Gasteiger charge is -2.40. The van der Waals surface area contributed by atoms with Gasteiger partial charge in [0.05, 0.1) is 50.5 Å². The average Bonchev–Trinajstić information content (AvgIpc) is 4.00. The average molecular weight is 842 g/mol. The van der Waals surface area contributed by atoms with Gasteiger partial charge in [0, 0.05) is 67.6 Å². The molecule has 0 amide bonds. The van der Waals surface area contributed by atoms with Crippen LogP contribution in [0.3, 0.4) is 0 Å². The summed E-state index contributed by atoms with van der Waals surface area (Å²) in [5.41, 5.74) is 16.4. The van der Waals surface area contributed by atoms with Crippen LogP contribution >= 0.6 is 0 Å². The minimum Gasteiger partial charge on any atom is -0.455 e. The highest BCUT2D eigenvalue weighted by atomic mass is 16.5. The number of hydrogen-bond acceptors (Lipinski definition) is 4. The van der Waals surface area contributed by atoms with Gasteiger partial charge in [0.15, 0.2) is 0 Å². The summed E-state index contributed by atoms with van der Waals surface area (Å²) in [6, 6.07) is 73.1. The van der Waals surface area contributed by atoms with E-state index in [0.717, 1.165) is 112 Å². The van der Waals surface area contributed by atoms with Crippen molar-refractivity contribution in [2.24, 2.45) is 0 Å². The molecule has 2 aliphatic rings. The predicted molar refractivity (Wildman–Crippen MR) is 264 cm³/mol. The van der Waals surface area contributed by atoms with E-state index in [1.165, 1.54) is 10.8 Å². The number of aromatic nitrogens is 4. The molecule has 1 spiro atoms. The molecule has 0 unspecified atom stereocenters. The second-order valence-electron chi connectivity index (χ2n) is 17.2. The summed E-state index contributed by atoms with van der Waals surface area (Å²) in [7, 11) is 0. The van der Waals surface area contributed by atoms with E-state index in [1.54, 1.807) is 0 Å². The molecule has 14 rings (SSSR count). The van der Waals surface area contributed by atoms with Crippen molar-refractivity contribution in [3.05, 3.63) is 240 Å². The van der Waals surface area contributed by atoms with Crippen LogP contribution in [0.1, 0.15) is 27.8 Å². The van der Waals surface area contributed by atoms with Gasteiger partial charge < -0.3 is 13.9 Å². The molecule has 0 radical (unpaired) electrons. The number of nitrogens with zero attached hydrogens (tertiary/aromatic N) is 5. The molecule has 0 fully saturated rings. The highest BCUT2D eigenvalue weighted by molar-refractivity contribution is 6.12. The van der Waals surface area contributed by atoms with Gasteiger partial charge >= 0.3 is 0 Å². The summed E-state index contributed by atoms with van der Waals surface area (Å²) in [4.78, 5) is 10.0. The molecule has 4 aromatic heterocycles. The van der Waals surface area contributed by atoms with E-state index in [9.17, 15) is 5.26 Å². The van der Waals surface area contributed by atoms with E-state index in [2.05, 4.69) is 185 Å². The quantitative estimate of drug-likeness (QED) is 0.177. The maximum absolute atomic E-state index is 10.0. The van der Waals surface area contributed by atoms with Crippen LogP contribution in [0.2, 0.25) is 0 Å². The second kappa shape index (κ2) is 13.7. The Bertz CT molecular complexity index is 4000. The van der Waals surface area contributed by atoms with Gasteiger partial charge in [0.2, 0.25) is 0 Å². The van der Waals surface area contributed by atoms with Gasteiger partial charge in [0.25, 0.3) is 0 Å². The van der Waals surface area contributed by atoms with Gasteiger partial charge in [-0.05, 0) is 107 Å². The fourth-order valence-electron chi connectivity index (χ4n) is 11.2. The van der Waals surface area contributed by atoms with Gasteiger partial charge in [-0.1, -0.05) is 115 Å². The van der Waals surface area contributed by atoms with Crippen LogP contribution in [0.15, 0.2) is 213 Å². The van der Waals surface area contributed by atoms with Crippen LogP contribution in [0.25, 0.3) is 88.6 Å². The van der Waals surface area contributed by atoms with Gasteiger partial charge in [-0.2, -0.15) is 5.26 Å². The maximum atomic E-state index is 10.0. The molecule has 306 valence electrons. The summed E-state index contributed by atoms with van der Waals surface area (Å²) in [6.07, 6.45) is 3.73. The molecule has 1 aliphatic carbocycles. The Kier molecular flexibility index (Phi) is 7.58. The molecule has 5 heterocycles. The van der Waals surface area contributed by atoms with Crippen molar-refractivity contribution in [2.75, 3.05) is 0 Å². The molecular weight excluding hydrogens is 807 g/mol. The second-order valence-corrected chi connectivity index (χ2v) is 17.2. The highest BCUT2D eigenvalue weighted by Gasteiger charge is 2.53. The Labute approximate surface area is 379 Å². The minimum absolute atomic E-state index is 0.620. The predicted octanol–water partition coefficient (Wildman–Crippen LogP) is 14.3. The lowest BCUT2D eigenvalue weighted by Crippen LogP contribution is -2.32. The summed E-state index contributed by atoms with van der Waals surface area (Å²) < 4.78 is 12.2. The summed E-state index contributed by atoms with van der Waals surface area (Å²) in [6.45, 7) is 0. The van der Waals surface area contributed by atoms with Gasteiger partial charge in [0.1, 0.15) is 11.5 Å². The van der Waals surface area contributed by atoms with Crippen molar-refractivity contribution in [3.63, 3.8) is 0 Å². The molecular formula is C60H35N5O. The number of hydrogen-bond donors (Lipinski definition) is 0. The fourth-order valence-corrected chi connectivity index (χ4v) is 11.2. The van der Waals surface area contributed by atoms with Gasteiger partial charge in [-0.3, -0.25) is 9.97 Å². The first-order valence-corrected chi connectivity index (χ1v) is 22.2. The first-order valence-electron chi connectivity index (χ1n) is 22.2. The van der Waals surface area contributed by atoms with Crippen LogP contribution < -0.4 is 4.74 Å². The molecule has 0 bridgehead atoms. The number of ether oxygens (including phenoxy) is 1. The monoisotopic (exact) mass is 841 g/mol. The Morgan fingerprint density at radius 3 is 1.44 bits per heavy atom. The van der Waals surface area contributed by atoms with Crippen LogP contribution in [0.4, 0.5) is 0 Å². The fraction of sp³-hybridized carbons (Fsp3) is 0.0167. The molecule has 6 nitrogen and oxygen atoms in total. The first kappa shape index (κ1) is 36.4. The van der Waals surface area contributed by atoms with Crippen LogP contribution in [0.5, 0.6) is 11.5 Å². The topological polar surface area (TPSA) is 68.7 Å². The van der Waals surface area contributed by atoms with Gasteiger partial charge in [-0.15, -0.1) is 0 Å². The number of benzene rings is 8. The zero-order valence-corrected chi connectivity index (χ0v) is 35.4. The third-order valence-electron chi connectivity index (χ3n) is 13.9. The van der Waals surface area contributed by atoms with E-state index in [0.29, 0.717) is 5.56 Å². The Balaban J connectivity index is 1.04. The molecule has 12 aromatic rings. The molecule has 0 atom stereocenters. The van der Waals surface area contributed by atoms with E-state index in [-0.39, 0.29) is 0 Å². The largest absolute Gasteiger partial charge is 0.455 e. The van der Waals surface area contributed by atoms with Crippen molar-refractivity contribution < 1.29 is 4.74 Å². The maximum Gasteiger partial charge on any atom is 0.140 e. The molecule has 8 aromatic carbocycles. The Morgan fingerprint density at radius 1 is 0.409 bits per heavy atom. The summed E-state index contributed by atoms with van der Waals surface area (Å²) >= 11 is 0. The zero-order chi connectivity index (χ0) is 43.5. The van der Waals surface area contributed by atoms with E-state index >= 15 is 0 Å². The molecule has 6 heteroatoms. The van der Waals surface area contributed by atoms with E-state index < -0.39 is 5.41 Å². The molecule has 66 heavy (non-hydrogen) atoms. The highest BCUT2D eigenvalue weighted by Crippen LogP contribution is 2.64. The third kappa shape index (κ3) is 4.88. The zero-order valence-electron chi connectivity index (χ0n) is 35.4. The summed E-state index contributed by atoms with van der Waals surface area (Å²) in [5.74, 6) is 1.59. The SMILES string of the molecule is N#Cc1ccc2c(c1)c1cc(-c3cccc4c3Oc3c(-c5ccc6c(c5)c5ccccc5n6-c5ccccc5)cccc3C43c4cccnc4-c4ncccc43)ccc1n2-c1ccccc1. The number of rotatable bonds is 4. The van der Waals surface area contributed by atoms with E-state index in [1.807, 2.05) is 42.7 Å². The summed E-state index contributed by atoms with van der Waals surface area (Å²) in [5, 5.41) is 14.5.